The van der Waals surface area contributed by atoms with Crippen LogP contribution in [0.5, 0.6) is 0 Å². The first kappa shape index (κ1) is 12.1. The van der Waals surface area contributed by atoms with Gasteiger partial charge >= 0.3 is 0 Å². The van der Waals surface area contributed by atoms with Crippen molar-refractivity contribution in [3.63, 3.8) is 0 Å². The number of hydrogen-bond acceptors (Lipinski definition) is 2. The van der Waals surface area contributed by atoms with E-state index in [1.54, 1.807) is 23.1 Å². The molecule has 0 aromatic rings. The van der Waals surface area contributed by atoms with Gasteiger partial charge in [0.25, 0.3) is 0 Å². The maximum Gasteiger partial charge on any atom is 0.234 e. The highest BCUT2D eigenvalue weighted by Crippen LogP contribution is 2.08. The lowest BCUT2D eigenvalue weighted by atomic mass is 10.1. The van der Waals surface area contributed by atoms with Gasteiger partial charge in [-0.2, -0.15) is 0 Å². The summed E-state index contributed by atoms with van der Waals surface area (Å²) in [7, 11) is 0. The van der Waals surface area contributed by atoms with Crippen LogP contribution in [0.25, 0.3) is 0 Å². The van der Waals surface area contributed by atoms with Crippen LogP contribution < -0.4 is 17.0 Å². The highest BCUT2D eigenvalue weighted by Gasteiger charge is 2.23. The van der Waals surface area contributed by atoms with Crippen LogP contribution in [0.2, 0.25) is 0 Å². The minimum absolute atomic E-state index is 0. The summed E-state index contributed by atoms with van der Waals surface area (Å²) < 4.78 is 1.65. The van der Waals surface area contributed by atoms with Crippen LogP contribution in [0.15, 0.2) is 17.7 Å². The first-order valence-electron chi connectivity index (χ1n) is 3.97. The molecule has 0 aliphatic carbocycles. The average molecular weight is 246 g/mol. The fourth-order valence-electron chi connectivity index (χ4n) is 1.06. The standard InChI is InChI=1S/C9H12NO2.BrH/c1-3-12-10-6-4-5-9(7-11)8(10)2;/h4-6,8H,3H2,1-2H3;1H/q+1;/p-1. The van der Waals surface area contributed by atoms with E-state index in [0.717, 1.165) is 0 Å². The predicted molar refractivity (Wildman–Crippen MR) is 45.8 cm³/mol. The highest BCUT2D eigenvalue weighted by molar-refractivity contribution is 5.72. The van der Waals surface area contributed by atoms with E-state index >= 15 is 0 Å². The van der Waals surface area contributed by atoms with E-state index in [4.69, 9.17) is 4.84 Å². The van der Waals surface area contributed by atoms with Crippen molar-refractivity contribution >= 4 is 12.2 Å². The zero-order valence-corrected chi connectivity index (χ0v) is 9.24. The summed E-state index contributed by atoms with van der Waals surface area (Å²) in [6.45, 7) is 4.40. The summed E-state index contributed by atoms with van der Waals surface area (Å²) in [5.41, 5.74) is 0.617. The Labute approximate surface area is 88.1 Å². The lowest BCUT2D eigenvalue weighted by Gasteiger charge is -2.09. The Bertz CT molecular complexity index is 277. The molecular formula is C9H12BrNO2. The zero-order valence-electron chi connectivity index (χ0n) is 7.66. The summed E-state index contributed by atoms with van der Waals surface area (Å²) in [4.78, 5) is 15.7. The summed E-state index contributed by atoms with van der Waals surface area (Å²) >= 11 is 0. The molecule has 3 nitrogen and oxygen atoms in total. The first-order valence-corrected chi connectivity index (χ1v) is 3.97. The summed E-state index contributed by atoms with van der Waals surface area (Å²) in [6.07, 6.45) is 5.32. The molecule has 0 aromatic heterocycles. The van der Waals surface area contributed by atoms with E-state index in [0.29, 0.717) is 12.2 Å². The Hall–Kier alpha value is -0.860. The predicted octanol–water partition coefficient (Wildman–Crippen LogP) is -2.26. The molecule has 1 aliphatic heterocycles. The van der Waals surface area contributed by atoms with Crippen molar-refractivity contribution < 1.29 is 31.4 Å². The quantitative estimate of drug-likeness (QED) is 0.406. The van der Waals surface area contributed by atoms with Gasteiger partial charge in [0.2, 0.25) is 12.3 Å². The topological polar surface area (TPSA) is 29.3 Å². The molecule has 1 heterocycles. The minimum Gasteiger partial charge on any atom is -1.00 e. The fourth-order valence-corrected chi connectivity index (χ4v) is 1.06. The maximum absolute atomic E-state index is 10.4. The molecule has 1 unspecified atom stereocenters. The number of carbonyl (C=O) groups excluding carboxylic acids is 1. The second-order valence-corrected chi connectivity index (χ2v) is 2.52. The lowest BCUT2D eigenvalue weighted by molar-refractivity contribution is -0.799. The van der Waals surface area contributed by atoms with Gasteiger partial charge in [-0.1, -0.05) is 0 Å². The highest BCUT2D eigenvalue weighted by atomic mass is 79.9. The first-order chi connectivity index (χ1) is 5.79. The Kier molecular flexibility index (Phi) is 5.35. The van der Waals surface area contributed by atoms with Crippen molar-refractivity contribution in [1.29, 1.82) is 0 Å². The second kappa shape index (κ2) is 5.73. The van der Waals surface area contributed by atoms with Gasteiger partial charge < -0.3 is 17.0 Å². The van der Waals surface area contributed by atoms with E-state index in [9.17, 15) is 4.79 Å². The van der Waals surface area contributed by atoms with E-state index < -0.39 is 0 Å². The number of hydrogen-bond donors (Lipinski definition) is 0. The molecule has 1 aliphatic rings. The molecular weight excluding hydrogens is 234 g/mol. The molecule has 13 heavy (non-hydrogen) atoms. The van der Waals surface area contributed by atoms with Gasteiger partial charge in [0.05, 0.1) is 0 Å². The molecule has 4 heteroatoms. The van der Waals surface area contributed by atoms with Crippen LogP contribution >= 0.6 is 0 Å². The second-order valence-electron chi connectivity index (χ2n) is 2.52. The molecule has 0 spiro atoms. The van der Waals surface area contributed by atoms with E-state index in [-0.39, 0.29) is 23.0 Å². The molecule has 0 aromatic carbocycles. The summed E-state index contributed by atoms with van der Waals surface area (Å²) in [5.74, 6) is 1.88. The Balaban J connectivity index is 0.00000144. The van der Waals surface area contributed by atoms with Crippen molar-refractivity contribution in [2.24, 2.45) is 0 Å². The molecule has 72 valence electrons. The third-order valence-electron chi connectivity index (χ3n) is 1.74. The molecule has 0 saturated carbocycles. The van der Waals surface area contributed by atoms with Gasteiger partial charge in [-0.15, -0.1) is 0 Å². The fraction of sp³-hybridized carbons (Fsp3) is 0.444. The van der Waals surface area contributed by atoms with Gasteiger partial charge in [-0.05, 0) is 17.7 Å². The molecule has 0 fully saturated rings. The van der Waals surface area contributed by atoms with Crippen molar-refractivity contribution in [2.75, 3.05) is 6.61 Å². The monoisotopic (exact) mass is 245 g/mol. The van der Waals surface area contributed by atoms with Crippen molar-refractivity contribution in [2.45, 2.75) is 19.9 Å². The van der Waals surface area contributed by atoms with Crippen molar-refractivity contribution in [1.82, 2.24) is 0 Å². The smallest absolute Gasteiger partial charge is 0.234 e. The Morgan fingerprint density at radius 1 is 1.69 bits per heavy atom. The van der Waals surface area contributed by atoms with E-state index in [1.807, 2.05) is 19.8 Å². The molecule has 0 saturated heterocycles. The van der Waals surface area contributed by atoms with Crippen LogP contribution in [-0.2, 0) is 9.63 Å². The Morgan fingerprint density at radius 2 is 2.38 bits per heavy atom. The van der Waals surface area contributed by atoms with Crippen LogP contribution in [0.3, 0.4) is 0 Å². The van der Waals surface area contributed by atoms with E-state index in [1.165, 1.54) is 0 Å². The van der Waals surface area contributed by atoms with Crippen LogP contribution in [0, 0.1) is 0 Å². The normalized spacial score (nSPS) is 20.0. The molecule has 1 atom stereocenters. The van der Waals surface area contributed by atoms with Crippen molar-refractivity contribution in [3.05, 3.63) is 17.7 Å². The molecule has 0 amide bonds. The van der Waals surface area contributed by atoms with Crippen LogP contribution in [-0.4, -0.2) is 29.5 Å². The lowest BCUT2D eigenvalue weighted by Crippen LogP contribution is -3.00. The van der Waals surface area contributed by atoms with Gasteiger partial charge in [0, 0.05) is 13.0 Å². The van der Waals surface area contributed by atoms with Gasteiger partial charge in [-0.3, -0.25) is 4.84 Å². The minimum atomic E-state index is -0.0348. The molecule has 0 bridgehead atoms. The van der Waals surface area contributed by atoms with Gasteiger partial charge in [0.15, 0.2) is 6.61 Å². The summed E-state index contributed by atoms with van der Waals surface area (Å²) in [6, 6.07) is -0.0348. The zero-order chi connectivity index (χ0) is 8.97. The average Bonchev–Trinajstić information content (AvgIpc) is 2.09. The Morgan fingerprint density at radius 3 is 2.92 bits per heavy atom. The van der Waals surface area contributed by atoms with E-state index in [2.05, 4.69) is 0 Å². The summed E-state index contributed by atoms with van der Waals surface area (Å²) in [5, 5.41) is 0. The van der Waals surface area contributed by atoms with Gasteiger partial charge in [0.1, 0.15) is 11.5 Å². The number of nitrogens with zero attached hydrogens (tertiary/aromatic N) is 1. The molecule has 0 radical (unpaired) electrons. The van der Waals surface area contributed by atoms with Gasteiger partial charge in [-0.25, -0.2) is 4.79 Å². The third-order valence-corrected chi connectivity index (χ3v) is 1.74. The van der Waals surface area contributed by atoms with Crippen molar-refractivity contribution in [3.8, 4) is 0 Å². The largest absolute Gasteiger partial charge is 1.00 e. The van der Waals surface area contributed by atoms with Crippen LogP contribution in [0.1, 0.15) is 13.8 Å². The number of halogens is 1. The molecule has 0 N–H and O–H groups in total. The number of rotatable bonds is 2. The molecule has 1 rings (SSSR count). The van der Waals surface area contributed by atoms with Crippen LogP contribution in [0.4, 0.5) is 0 Å². The number of allylic oxidation sites excluding steroid dienone is 1. The maximum atomic E-state index is 10.4. The third kappa shape index (κ3) is 2.83. The number of hydroxylamine groups is 1. The SMILES string of the molecule is CCO[N+]1=CC=CC(=C=O)C1C.[Br-].